The third-order valence-electron chi connectivity index (χ3n) is 9.72. The number of alkyl carbamates (subject to hydrolysis) is 1. The van der Waals surface area contributed by atoms with E-state index in [0.29, 0.717) is 13.0 Å². The summed E-state index contributed by atoms with van der Waals surface area (Å²) in [5.41, 5.74) is -0.638. The molecule has 4 N–H and O–H groups in total. The van der Waals surface area contributed by atoms with Crippen molar-refractivity contribution in [2.24, 2.45) is 17.8 Å². The van der Waals surface area contributed by atoms with Crippen LogP contribution in [-0.2, 0) is 19.0 Å². The molecule has 10 heteroatoms. The number of carbonyl (C=O) groups excluding carboxylic acids is 2. The number of aliphatic hydroxyl groups is 3. The van der Waals surface area contributed by atoms with Gasteiger partial charge in [-0.25, -0.2) is 4.79 Å². The van der Waals surface area contributed by atoms with Crippen LogP contribution in [-0.4, -0.2) is 101 Å². The molecule has 46 heavy (non-hydrogen) atoms. The summed E-state index contributed by atoms with van der Waals surface area (Å²) in [6.45, 7) is 14.8. The molecule has 10 nitrogen and oxygen atoms in total. The summed E-state index contributed by atoms with van der Waals surface area (Å²) < 4.78 is 17.4. The zero-order valence-corrected chi connectivity index (χ0v) is 28.9. The number of nitrogens with one attached hydrogen (secondary N) is 1. The van der Waals surface area contributed by atoms with Gasteiger partial charge in [-0.2, -0.15) is 0 Å². The van der Waals surface area contributed by atoms with Gasteiger partial charge in [0.15, 0.2) is 6.10 Å². The zero-order chi connectivity index (χ0) is 33.9. The molecule has 262 valence electrons. The predicted molar refractivity (Wildman–Crippen MR) is 178 cm³/mol. The quantitative estimate of drug-likeness (QED) is 0.103. The van der Waals surface area contributed by atoms with Gasteiger partial charge >= 0.3 is 12.1 Å². The summed E-state index contributed by atoms with van der Waals surface area (Å²) in [6, 6.07) is 0. The van der Waals surface area contributed by atoms with Gasteiger partial charge in [0.05, 0.1) is 30.8 Å². The number of hydrogen-bond acceptors (Lipinski definition) is 9. The first-order chi connectivity index (χ1) is 21.8. The Bertz CT molecular complexity index is 1050. The summed E-state index contributed by atoms with van der Waals surface area (Å²) in [5.74, 6) is -0.449. The highest BCUT2D eigenvalue weighted by Crippen LogP contribution is 2.36. The van der Waals surface area contributed by atoms with Gasteiger partial charge in [0.25, 0.3) is 0 Å². The van der Waals surface area contributed by atoms with Crippen molar-refractivity contribution < 1.29 is 39.1 Å². The summed E-state index contributed by atoms with van der Waals surface area (Å²) in [5, 5.41) is 34.8. The van der Waals surface area contributed by atoms with E-state index < -0.39 is 36.0 Å². The molecule has 0 aliphatic carbocycles. The minimum atomic E-state index is -1.46. The van der Waals surface area contributed by atoms with Gasteiger partial charge in [-0.1, -0.05) is 58.4 Å². The van der Waals surface area contributed by atoms with Gasteiger partial charge in [0.1, 0.15) is 11.7 Å². The molecule has 0 radical (unpaired) electrons. The summed E-state index contributed by atoms with van der Waals surface area (Å²) >= 11 is 0. The number of amides is 1. The first-order valence-corrected chi connectivity index (χ1v) is 17.4. The van der Waals surface area contributed by atoms with E-state index in [1.807, 2.05) is 45.9 Å². The molecular weight excluding hydrogens is 588 g/mol. The number of carbonyl (C=O) groups is 2. The Labute approximate surface area is 276 Å². The number of piperidine rings is 1. The van der Waals surface area contributed by atoms with Crippen LogP contribution in [0.2, 0.25) is 0 Å². The van der Waals surface area contributed by atoms with Crippen molar-refractivity contribution in [2.75, 3.05) is 26.2 Å². The van der Waals surface area contributed by atoms with Gasteiger partial charge in [-0.05, 0) is 83.0 Å². The lowest BCUT2D eigenvalue weighted by atomic mass is 9.88. The Balaban J connectivity index is 1.65. The zero-order valence-electron chi connectivity index (χ0n) is 28.9. The van der Waals surface area contributed by atoms with Crippen molar-refractivity contribution in [2.45, 2.75) is 135 Å². The number of cyclic esters (lactones) is 1. The van der Waals surface area contributed by atoms with Crippen LogP contribution in [0.5, 0.6) is 0 Å². The van der Waals surface area contributed by atoms with Gasteiger partial charge in [0, 0.05) is 24.9 Å². The van der Waals surface area contributed by atoms with Crippen molar-refractivity contribution in [1.29, 1.82) is 0 Å². The number of ether oxygens (including phenoxy) is 3. The molecule has 0 aromatic heterocycles. The van der Waals surface area contributed by atoms with E-state index in [0.717, 1.165) is 31.6 Å². The van der Waals surface area contributed by atoms with E-state index in [2.05, 4.69) is 23.2 Å². The van der Waals surface area contributed by atoms with E-state index in [1.54, 1.807) is 13.0 Å². The lowest BCUT2D eigenvalue weighted by molar-refractivity contribution is -0.151. The standard InChI is InChI=1S/C36H60N2O8/c1-7-29(40)27(5)34-30(44-34)22-24(2)12-11-13-25(3)33-26(4)14-15-31(36(6,43)17-16-28(39)23-32(41)46-33)45-35(42)37-18-21-38-19-9-8-10-20-38/h11-15,24,26-31,33-34,39-40,43H,7-10,16-23H2,1-6H3,(H,37,42)/b12-11+,15-14+,25-13+. The van der Waals surface area contributed by atoms with Crippen molar-refractivity contribution in [3.05, 3.63) is 36.0 Å². The van der Waals surface area contributed by atoms with E-state index in [1.165, 1.54) is 19.3 Å². The molecule has 0 saturated carbocycles. The minimum absolute atomic E-state index is 0.0981. The molecule has 10 atom stereocenters. The minimum Gasteiger partial charge on any atom is -0.457 e. The van der Waals surface area contributed by atoms with Crippen LogP contribution in [0.3, 0.4) is 0 Å². The van der Waals surface area contributed by atoms with E-state index in [-0.39, 0.29) is 55.3 Å². The van der Waals surface area contributed by atoms with E-state index in [9.17, 15) is 24.9 Å². The fourth-order valence-corrected chi connectivity index (χ4v) is 6.44. The van der Waals surface area contributed by atoms with Gasteiger partial charge in [-0.3, -0.25) is 4.79 Å². The number of allylic oxidation sites excluding steroid dienone is 3. The van der Waals surface area contributed by atoms with Gasteiger partial charge in [-0.15, -0.1) is 0 Å². The third-order valence-corrected chi connectivity index (χ3v) is 9.72. The van der Waals surface area contributed by atoms with Crippen molar-refractivity contribution >= 4 is 12.1 Å². The Kier molecular flexibility index (Phi) is 15.2. The van der Waals surface area contributed by atoms with Gasteiger partial charge < -0.3 is 39.7 Å². The average Bonchev–Trinajstić information content (AvgIpc) is 3.78. The molecule has 0 aromatic carbocycles. The SMILES string of the molecule is CCC(O)C(C)C1OC1CC(C)/C=C/C=C(\C)C1OC(=O)CC(O)CCC(C)(O)C(OC(=O)NCCN2CCCCC2)/C=C/C1C. The second-order valence-electron chi connectivity index (χ2n) is 14.0. The highest BCUT2D eigenvalue weighted by atomic mass is 16.6. The lowest BCUT2D eigenvalue weighted by Gasteiger charge is -2.33. The molecule has 0 spiro atoms. The fourth-order valence-electron chi connectivity index (χ4n) is 6.44. The third kappa shape index (κ3) is 12.4. The first kappa shape index (κ1) is 38.2. The molecule has 3 aliphatic heterocycles. The molecular formula is C36H60N2O8. The first-order valence-electron chi connectivity index (χ1n) is 17.4. The maximum atomic E-state index is 12.8. The number of rotatable bonds is 12. The topological polar surface area (TPSA) is 141 Å². The van der Waals surface area contributed by atoms with Crippen LogP contribution < -0.4 is 5.32 Å². The second kappa shape index (κ2) is 18.3. The number of hydrogen-bond donors (Lipinski definition) is 4. The average molecular weight is 649 g/mol. The van der Waals surface area contributed by atoms with Crippen LogP contribution >= 0.6 is 0 Å². The van der Waals surface area contributed by atoms with Crippen LogP contribution in [0.15, 0.2) is 36.0 Å². The summed E-state index contributed by atoms with van der Waals surface area (Å²) in [6.07, 6.45) is 11.4. The highest BCUT2D eigenvalue weighted by Gasteiger charge is 2.45. The molecule has 2 saturated heterocycles. The Morgan fingerprint density at radius 2 is 1.96 bits per heavy atom. The van der Waals surface area contributed by atoms with Crippen molar-refractivity contribution in [3.63, 3.8) is 0 Å². The molecule has 3 rings (SSSR count). The highest BCUT2D eigenvalue weighted by molar-refractivity contribution is 5.70. The van der Waals surface area contributed by atoms with Crippen LogP contribution in [0.25, 0.3) is 0 Å². The molecule has 3 aliphatic rings. The Morgan fingerprint density at radius 3 is 2.65 bits per heavy atom. The van der Waals surface area contributed by atoms with E-state index >= 15 is 0 Å². The number of likely N-dealkylation sites (tertiary alicyclic amines) is 1. The Morgan fingerprint density at radius 1 is 1.24 bits per heavy atom. The van der Waals surface area contributed by atoms with Crippen molar-refractivity contribution in [3.8, 4) is 0 Å². The number of esters is 1. The normalized spacial score (nSPS) is 34.5. The summed E-state index contributed by atoms with van der Waals surface area (Å²) in [4.78, 5) is 27.9. The second-order valence-corrected chi connectivity index (χ2v) is 14.0. The van der Waals surface area contributed by atoms with Crippen molar-refractivity contribution in [1.82, 2.24) is 10.2 Å². The molecule has 0 aromatic rings. The number of epoxide rings is 1. The number of aliphatic hydroxyl groups excluding tert-OH is 2. The number of nitrogens with zero attached hydrogens (tertiary/aromatic N) is 1. The van der Waals surface area contributed by atoms with Crippen LogP contribution in [0.4, 0.5) is 4.79 Å². The van der Waals surface area contributed by atoms with Gasteiger partial charge in [0.2, 0.25) is 0 Å². The van der Waals surface area contributed by atoms with E-state index in [4.69, 9.17) is 14.2 Å². The predicted octanol–water partition coefficient (Wildman–Crippen LogP) is 4.67. The largest absolute Gasteiger partial charge is 0.457 e. The smallest absolute Gasteiger partial charge is 0.407 e. The molecule has 2 fully saturated rings. The monoisotopic (exact) mass is 648 g/mol. The molecule has 0 bridgehead atoms. The fraction of sp³-hybridized carbons (Fsp3) is 0.778. The molecule has 10 unspecified atom stereocenters. The maximum absolute atomic E-state index is 12.8. The maximum Gasteiger partial charge on any atom is 0.407 e. The molecule has 3 heterocycles. The Hall–Kier alpha value is -2.24. The van der Waals surface area contributed by atoms with Crippen LogP contribution in [0.1, 0.15) is 92.9 Å². The lowest BCUT2D eigenvalue weighted by Crippen LogP contribution is -2.45. The summed E-state index contributed by atoms with van der Waals surface area (Å²) in [7, 11) is 0. The van der Waals surface area contributed by atoms with Crippen LogP contribution in [0, 0.1) is 17.8 Å². The molecule has 1 amide bonds.